The van der Waals surface area contributed by atoms with Crippen molar-refractivity contribution >= 4 is 28.7 Å². The zero-order valence-corrected chi connectivity index (χ0v) is 25.0. The molecule has 0 aliphatic heterocycles. The Balaban J connectivity index is 1.65. The molecule has 1 heterocycles. The summed E-state index contributed by atoms with van der Waals surface area (Å²) in [7, 11) is 3.25. The number of para-hydroxylation sites is 2. The SMILES string of the molecule is COc1cc(C)c(-c2nc3ccccc3c(=O)n2N=Cc2cccc(OC)c2OCc2ccc(Cl)cc2)cc1C(C)C. The predicted molar refractivity (Wildman–Crippen MR) is 169 cm³/mol. The highest BCUT2D eigenvalue weighted by Crippen LogP contribution is 2.35. The summed E-state index contributed by atoms with van der Waals surface area (Å²) in [6, 6.07) is 24.3. The maximum Gasteiger partial charge on any atom is 0.282 e. The molecule has 0 unspecified atom stereocenters. The molecule has 0 atom stereocenters. The summed E-state index contributed by atoms with van der Waals surface area (Å²) >= 11 is 6.04. The molecule has 214 valence electrons. The van der Waals surface area contributed by atoms with Crippen LogP contribution >= 0.6 is 11.6 Å². The predicted octanol–water partition coefficient (Wildman–Crippen LogP) is 7.63. The lowest BCUT2D eigenvalue weighted by atomic mass is 9.96. The van der Waals surface area contributed by atoms with E-state index in [1.54, 1.807) is 26.5 Å². The van der Waals surface area contributed by atoms with Crippen LogP contribution in [0.5, 0.6) is 17.2 Å². The first-order valence-corrected chi connectivity index (χ1v) is 14.0. The normalized spacial score (nSPS) is 11.4. The van der Waals surface area contributed by atoms with Gasteiger partial charge in [-0.3, -0.25) is 4.79 Å². The van der Waals surface area contributed by atoms with Crippen molar-refractivity contribution in [1.82, 2.24) is 9.66 Å². The Bertz CT molecular complexity index is 1830. The highest BCUT2D eigenvalue weighted by Gasteiger charge is 2.19. The van der Waals surface area contributed by atoms with Gasteiger partial charge < -0.3 is 14.2 Å². The second-order valence-corrected chi connectivity index (χ2v) is 10.6. The second kappa shape index (κ2) is 12.5. The van der Waals surface area contributed by atoms with Gasteiger partial charge >= 0.3 is 0 Å². The van der Waals surface area contributed by atoms with Crippen LogP contribution in [0.15, 0.2) is 88.8 Å². The summed E-state index contributed by atoms with van der Waals surface area (Å²) in [4.78, 5) is 18.8. The molecule has 0 spiro atoms. The van der Waals surface area contributed by atoms with Gasteiger partial charge in [0.2, 0.25) is 0 Å². The van der Waals surface area contributed by atoms with E-state index >= 15 is 0 Å². The maximum absolute atomic E-state index is 13.9. The van der Waals surface area contributed by atoms with Gasteiger partial charge in [0.1, 0.15) is 12.4 Å². The van der Waals surface area contributed by atoms with Crippen LogP contribution < -0.4 is 19.8 Å². The maximum atomic E-state index is 13.9. The van der Waals surface area contributed by atoms with Crippen molar-refractivity contribution < 1.29 is 14.2 Å². The monoisotopic (exact) mass is 581 g/mol. The van der Waals surface area contributed by atoms with Crippen molar-refractivity contribution in [3.8, 4) is 28.6 Å². The standard InChI is InChI=1S/C34H32ClN3O4/c1-21(2)27-18-28(22(3)17-31(27)41-5)33-37-29-11-7-6-10-26(29)34(39)38(33)36-19-24-9-8-12-30(40-4)32(24)42-20-23-13-15-25(35)16-14-23/h6-19,21H,20H2,1-5H3. The van der Waals surface area contributed by atoms with Crippen molar-refractivity contribution in [2.24, 2.45) is 5.10 Å². The summed E-state index contributed by atoms with van der Waals surface area (Å²) < 4.78 is 18.8. The number of hydrogen-bond donors (Lipinski definition) is 0. The molecule has 0 saturated carbocycles. The summed E-state index contributed by atoms with van der Waals surface area (Å²) in [6.45, 7) is 6.47. The quantitative estimate of drug-likeness (QED) is 0.167. The highest BCUT2D eigenvalue weighted by atomic mass is 35.5. The number of ether oxygens (including phenoxy) is 3. The van der Waals surface area contributed by atoms with E-state index in [0.29, 0.717) is 45.4 Å². The van der Waals surface area contributed by atoms with Crippen LogP contribution in [-0.4, -0.2) is 30.1 Å². The van der Waals surface area contributed by atoms with Gasteiger partial charge in [0.25, 0.3) is 5.56 Å². The fourth-order valence-electron chi connectivity index (χ4n) is 4.78. The van der Waals surface area contributed by atoms with Crippen LogP contribution in [0.2, 0.25) is 5.02 Å². The van der Waals surface area contributed by atoms with Gasteiger partial charge in [-0.25, -0.2) is 4.98 Å². The lowest BCUT2D eigenvalue weighted by Gasteiger charge is -2.17. The van der Waals surface area contributed by atoms with Gasteiger partial charge in [-0.1, -0.05) is 55.8 Å². The van der Waals surface area contributed by atoms with E-state index in [2.05, 4.69) is 13.8 Å². The van der Waals surface area contributed by atoms with E-state index in [1.807, 2.05) is 79.7 Å². The average Bonchev–Trinajstić information content (AvgIpc) is 3.00. The molecular formula is C34H32ClN3O4. The van der Waals surface area contributed by atoms with Crippen LogP contribution in [0.25, 0.3) is 22.3 Å². The number of nitrogens with zero attached hydrogens (tertiary/aromatic N) is 3. The highest BCUT2D eigenvalue weighted by molar-refractivity contribution is 6.30. The Kier molecular flexibility index (Phi) is 8.59. The average molecular weight is 582 g/mol. The molecule has 0 bridgehead atoms. The largest absolute Gasteiger partial charge is 0.496 e. The summed E-state index contributed by atoms with van der Waals surface area (Å²) in [5.74, 6) is 2.47. The first kappa shape index (κ1) is 28.9. The van der Waals surface area contributed by atoms with E-state index < -0.39 is 0 Å². The first-order chi connectivity index (χ1) is 20.3. The molecule has 0 radical (unpaired) electrons. The molecule has 0 amide bonds. The van der Waals surface area contributed by atoms with Crippen LogP contribution in [-0.2, 0) is 6.61 Å². The van der Waals surface area contributed by atoms with Gasteiger partial charge in [0, 0.05) is 16.1 Å². The molecule has 0 saturated heterocycles. The number of methoxy groups -OCH3 is 2. The van der Waals surface area contributed by atoms with Crippen LogP contribution in [0.1, 0.15) is 42.0 Å². The van der Waals surface area contributed by atoms with E-state index in [4.69, 9.17) is 35.9 Å². The lowest BCUT2D eigenvalue weighted by molar-refractivity contribution is 0.284. The Labute approximate surface area is 250 Å². The van der Waals surface area contributed by atoms with Crippen molar-refractivity contribution in [3.63, 3.8) is 0 Å². The minimum absolute atomic E-state index is 0.195. The fraction of sp³-hybridized carbons (Fsp3) is 0.206. The number of aromatic nitrogens is 2. The number of fused-ring (bicyclic) bond motifs is 1. The van der Waals surface area contributed by atoms with Gasteiger partial charge in [-0.15, -0.1) is 0 Å². The Morgan fingerprint density at radius 1 is 0.952 bits per heavy atom. The third-order valence-electron chi connectivity index (χ3n) is 7.03. The third kappa shape index (κ3) is 5.87. The Morgan fingerprint density at radius 3 is 2.40 bits per heavy atom. The zero-order chi connectivity index (χ0) is 29.8. The molecule has 7 nitrogen and oxygen atoms in total. The van der Waals surface area contributed by atoms with Gasteiger partial charge in [0.05, 0.1) is 31.3 Å². The number of hydrogen-bond acceptors (Lipinski definition) is 6. The molecule has 0 aliphatic rings. The second-order valence-electron chi connectivity index (χ2n) is 10.2. The van der Waals surface area contributed by atoms with Crippen molar-refractivity contribution in [2.75, 3.05) is 14.2 Å². The van der Waals surface area contributed by atoms with E-state index in [1.165, 1.54) is 4.68 Å². The molecular weight excluding hydrogens is 550 g/mol. The van der Waals surface area contributed by atoms with Crippen molar-refractivity contribution in [1.29, 1.82) is 0 Å². The zero-order valence-electron chi connectivity index (χ0n) is 24.2. The molecule has 8 heteroatoms. The molecule has 0 aliphatic carbocycles. The molecule has 0 N–H and O–H groups in total. The topological polar surface area (TPSA) is 74.9 Å². The van der Waals surface area contributed by atoms with Gasteiger partial charge in [-0.2, -0.15) is 9.78 Å². The number of aryl methyl sites for hydroxylation is 1. The lowest BCUT2D eigenvalue weighted by Crippen LogP contribution is -2.21. The Hall–Kier alpha value is -4.62. The number of rotatable bonds is 9. The van der Waals surface area contributed by atoms with Crippen LogP contribution in [0.3, 0.4) is 0 Å². The minimum Gasteiger partial charge on any atom is -0.496 e. The van der Waals surface area contributed by atoms with E-state index in [0.717, 1.165) is 28.0 Å². The molecule has 0 fully saturated rings. The summed E-state index contributed by atoms with van der Waals surface area (Å²) in [5, 5.41) is 5.82. The van der Waals surface area contributed by atoms with Crippen molar-refractivity contribution in [3.05, 3.63) is 116 Å². The fourth-order valence-corrected chi connectivity index (χ4v) is 4.90. The van der Waals surface area contributed by atoms with Crippen molar-refractivity contribution in [2.45, 2.75) is 33.3 Å². The Morgan fingerprint density at radius 2 is 1.69 bits per heavy atom. The van der Waals surface area contributed by atoms with Gasteiger partial charge in [0.15, 0.2) is 17.3 Å². The number of benzene rings is 4. The van der Waals surface area contributed by atoms with E-state index in [9.17, 15) is 4.79 Å². The molecule has 4 aromatic carbocycles. The van der Waals surface area contributed by atoms with E-state index in [-0.39, 0.29) is 11.5 Å². The summed E-state index contributed by atoms with van der Waals surface area (Å²) in [6.07, 6.45) is 1.60. The first-order valence-electron chi connectivity index (χ1n) is 13.6. The third-order valence-corrected chi connectivity index (χ3v) is 7.28. The smallest absolute Gasteiger partial charge is 0.282 e. The molecule has 5 rings (SSSR count). The van der Waals surface area contributed by atoms with Gasteiger partial charge in [-0.05, 0) is 78.1 Å². The molecule has 1 aromatic heterocycles. The minimum atomic E-state index is -0.278. The molecule has 5 aromatic rings. The van der Waals surface area contributed by atoms with Crippen LogP contribution in [0.4, 0.5) is 0 Å². The summed E-state index contributed by atoms with van der Waals surface area (Å²) in [5.41, 5.74) is 4.63. The van der Waals surface area contributed by atoms with Crippen LogP contribution in [0, 0.1) is 6.92 Å². The number of halogens is 1. The molecule has 42 heavy (non-hydrogen) atoms.